The number of nitrogens with two attached hydrogens (primary N) is 1. The first kappa shape index (κ1) is 26.3. The normalized spacial score (nSPS) is 12.7. The van der Waals surface area contributed by atoms with Gasteiger partial charge in [-0.1, -0.05) is 35.0 Å². The van der Waals surface area contributed by atoms with Gasteiger partial charge in [0.2, 0.25) is 5.91 Å². The van der Waals surface area contributed by atoms with E-state index in [1.165, 1.54) is 23.9 Å². The largest absolute Gasteiger partial charge is 0.380 e. The standard InChI is InChI=1S/C22H19ClF2N6O3.H2S/c1-22(33,21(26)32)8-6-15-18(25)19(23)28-20(27-15)16-10-17(14-7-9-34-30-14)31(29-16)11-12-4-2-3-5-13(12)24;/h2-5,7,9-10,33H,6,8,11H2,1H3,(H2,26,32);1H2/t22-;/m0./s1. The van der Waals surface area contributed by atoms with Crippen molar-refractivity contribution >= 4 is 31.0 Å². The zero-order valence-electron chi connectivity index (χ0n) is 18.4. The molecule has 0 bridgehead atoms. The number of hydrogen-bond acceptors (Lipinski definition) is 7. The summed E-state index contributed by atoms with van der Waals surface area (Å²) in [4.78, 5) is 19.5. The Labute approximate surface area is 210 Å². The van der Waals surface area contributed by atoms with E-state index in [1.807, 2.05) is 0 Å². The van der Waals surface area contributed by atoms with Crippen molar-refractivity contribution < 1.29 is 23.2 Å². The highest BCUT2D eigenvalue weighted by atomic mass is 35.5. The Hall–Kier alpha value is -3.35. The maximum absolute atomic E-state index is 14.6. The van der Waals surface area contributed by atoms with E-state index in [-0.39, 0.29) is 50.1 Å². The minimum atomic E-state index is -1.86. The highest BCUT2D eigenvalue weighted by Gasteiger charge is 2.29. The molecule has 3 N–H and O–H groups in total. The molecule has 0 saturated carbocycles. The van der Waals surface area contributed by atoms with Gasteiger partial charge < -0.3 is 15.4 Å². The fraction of sp³-hybridized carbons (Fsp3) is 0.227. The Morgan fingerprint density at radius 3 is 2.63 bits per heavy atom. The van der Waals surface area contributed by atoms with Gasteiger partial charge in [0.15, 0.2) is 16.8 Å². The monoisotopic (exact) mass is 522 g/mol. The molecule has 0 saturated heterocycles. The molecule has 0 spiro atoms. The van der Waals surface area contributed by atoms with Crippen LogP contribution >= 0.6 is 25.1 Å². The first-order valence-electron chi connectivity index (χ1n) is 10.1. The third-order valence-corrected chi connectivity index (χ3v) is 5.50. The highest BCUT2D eigenvalue weighted by molar-refractivity contribution is 7.59. The molecule has 3 aromatic heterocycles. The quantitative estimate of drug-likeness (QED) is 0.339. The predicted molar refractivity (Wildman–Crippen MR) is 128 cm³/mol. The van der Waals surface area contributed by atoms with Gasteiger partial charge in [-0.05, 0) is 31.9 Å². The van der Waals surface area contributed by atoms with Crippen LogP contribution in [0.4, 0.5) is 8.78 Å². The molecule has 35 heavy (non-hydrogen) atoms. The molecule has 0 aliphatic rings. The minimum absolute atomic E-state index is 0. The zero-order chi connectivity index (χ0) is 24.5. The van der Waals surface area contributed by atoms with Gasteiger partial charge in [0.05, 0.1) is 17.9 Å². The van der Waals surface area contributed by atoms with Crippen LogP contribution in [0.5, 0.6) is 0 Å². The number of amides is 1. The van der Waals surface area contributed by atoms with Crippen molar-refractivity contribution in [2.45, 2.75) is 31.9 Å². The van der Waals surface area contributed by atoms with Crippen LogP contribution in [0.2, 0.25) is 5.15 Å². The summed E-state index contributed by atoms with van der Waals surface area (Å²) in [7, 11) is 0. The molecule has 1 aromatic carbocycles. The van der Waals surface area contributed by atoms with Gasteiger partial charge in [0.1, 0.15) is 29.1 Å². The van der Waals surface area contributed by atoms with Crippen molar-refractivity contribution in [3.05, 3.63) is 70.7 Å². The van der Waals surface area contributed by atoms with Gasteiger partial charge in [-0.15, -0.1) is 0 Å². The summed E-state index contributed by atoms with van der Waals surface area (Å²) in [5.74, 6) is -2.24. The second-order valence-electron chi connectivity index (χ2n) is 7.79. The van der Waals surface area contributed by atoms with Gasteiger partial charge in [0.25, 0.3) is 0 Å². The Morgan fingerprint density at radius 2 is 1.97 bits per heavy atom. The Morgan fingerprint density at radius 1 is 1.23 bits per heavy atom. The lowest BCUT2D eigenvalue weighted by Crippen LogP contribution is -2.41. The number of nitrogens with zero attached hydrogens (tertiary/aromatic N) is 5. The average molecular weight is 523 g/mol. The van der Waals surface area contributed by atoms with Crippen LogP contribution in [0.1, 0.15) is 24.6 Å². The molecular weight excluding hydrogens is 502 g/mol. The summed E-state index contributed by atoms with van der Waals surface area (Å²) >= 11 is 5.99. The molecule has 0 fully saturated rings. The summed E-state index contributed by atoms with van der Waals surface area (Å²) in [5, 5.41) is 18.0. The fourth-order valence-electron chi connectivity index (χ4n) is 3.21. The van der Waals surface area contributed by atoms with E-state index in [9.17, 15) is 18.7 Å². The number of carbonyl (C=O) groups excluding carboxylic acids is 1. The van der Waals surface area contributed by atoms with E-state index in [4.69, 9.17) is 21.9 Å². The second-order valence-corrected chi connectivity index (χ2v) is 8.14. The number of aliphatic hydroxyl groups is 1. The molecule has 0 aliphatic carbocycles. The van der Waals surface area contributed by atoms with Gasteiger partial charge in [-0.3, -0.25) is 9.48 Å². The molecule has 3 heterocycles. The Kier molecular flexibility index (Phi) is 7.88. The van der Waals surface area contributed by atoms with E-state index >= 15 is 0 Å². The van der Waals surface area contributed by atoms with Crippen LogP contribution in [0.15, 0.2) is 47.2 Å². The van der Waals surface area contributed by atoms with E-state index < -0.39 is 28.3 Å². The number of carbonyl (C=O) groups is 1. The molecule has 0 unspecified atom stereocenters. The maximum atomic E-state index is 14.6. The number of aromatic nitrogens is 5. The van der Waals surface area contributed by atoms with Gasteiger partial charge in [0, 0.05) is 11.6 Å². The molecule has 184 valence electrons. The van der Waals surface area contributed by atoms with Crippen molar-refractivity contribution in [1.82, 2.24) is 24.9 Å². The van der Waals surface area contributed by atoms with Crippen LogP contribution in [-0.4, -0.2) is 41.5 Å². The molecule has 13 heteroatoms. The summed E-state index contributed by atoms with van der Waals surface area (Å²) in [6.45, 7) is 1.30. The third-order valence-electron chi connectivity index (χ3n) is 5.25. The lowest BCUT2D eigenvalue weighted by molar-refractivity contribution is -0.135. The summed E-state index contributed by atoms with van der Waals surface area (Å²) in [6, 6.07) is 9.44. The number of halogens is 3. The van der Waals surface area contributed by atoms with Gasteiger partial charge in [-0.25, -0.2) is 18.7 Å². The summed E-state index contributed by atoms with van der Waals surface area (Å²) in [5.41, 5.74) is 4.71. The van der Waals surface area contributed by atoms with Crippen LogP contribution < -0.4 is 5.73 Å². The van der Waals surface area contributed by atoms with Crippen LogP contribution in [0.25, 0.3) is 22.9 Å². The van der Waals surface area contributed by atoms with E-state index in [1.54, 1.807) is 30.3 Å². The molecular formula is C22H21ClF2N6O3S. The van der Waals surface area contributed by atoms with Gasteiger partial charge in [-0.2, -0.15) is 18.6 Å². The topological polar surface area (TPSA) is 133 Å². The Balaban J connectivity index is 0.00000342. The van der Waals surface area contributed by atoms with Crippen LogP contribution in [0.3, 0.4) is 0 Å². The molecule has 1 atom stereocenters. The van der Waals surface area contributed by atoms with Crippen molar-refractivity contribution in [2.24, 2.45) is 5.73 Å². The number of hydrogen-bond donors (Lipinski definition) is 2. The Bertz CT molecular complexity index is 1350. The molecule has 4 aromatic rings. The van der Waals surface area contributed by atoms with Crippen molar-refractivity contribution in [1.29, 1.82) is 0 Å². The molecule has 4 rings (SSSR count). The predicted octanol–water partition coefficient (Wildman–Crippen LogP) is 3.26. The van der Waals surface area contributed by atoms with Crippen molar-refractivity contribution in [2.75, 3.05) is 0 Å². The van der Waals surface area contributed by atoms with E-state index in [0.29, 0.717) is 17.0 Å². The number of rotatable bonds is 8. The first-order valence-corrected chi connectivity index (χ1v) is 10.5. The molecule has 1 amide bonds. The van der Waals surface area contributed by atoms with Crippen molar-refractivity contribution in [3.8, 4) is 22.9 Å². The SMILES string of the molecule is C[C@](O)(CCc1nc(-c2cc(-c3ccon3)n(Cc3ccccc3F)n2)nc(Cl)c1F)C(N)=O.S. The number of aryl methyl sites for hydroxylation is 1. The van der Waals surface area contributed by atoms with E-state index in [2.05, 4.69) is 20.2 Å². The second kappa shape index (κ2) is 10.5. The van der Waals surface area contributed by atoms with Crippen LogP contribution in [0, 0.1) is 11.6 Å². The number of primary amides is 1. The zero-order valence-corrected chi connectivity index (χ0v) is 20.1. The first-order chi connectivity index (χ1) is 16.2. The number of benzene rings is 1. The molecule has 9 nitrogen and oxygen atoms in total. The van der Waals surface area contributed by atoms with Crippen LogP contribution in [-0.2, 0) is 17.8 Å². The maximum Gasteiger partial charge on any atom is 0.249 e. The molecule has 0 aliphatic heterocycles. The smallest absolute Gasteiger partial charge is 0.249 e. The average Bonchev–Trinajstić information content (AvgIpc) is 3.46. The molecule has 0 radical (unpaired) electrons. The lowest BCUT2D eigenvalue weighted by atomic mass is 9.98. The van der Waals surface area contributed by atoms with Gasteiger partial charge >= 0.3 is 0 Å². The summed E-state index contributed by atoms with van der Waals surface area (Å²) in [6.07, 6.45) is 1.06. The van der Waals surface area contributed by atoms with E-state index in [0.717, 1.165) is 0 Å². The lowest BCUT2D eigenvalue weighted by Gasteiger charge is -2.18. The van der Waals surface area contributed by atoms with Crippen molar-refractivity contribution in [3.63, 3.8) is 0 Å². The fourth-order valence-corrected chi connectivity index (χ4v) is 3.40. The highest BCUT2D eigenvalue weighted by Crippen LogP contribution is 2.27. The third kappa shape index (κ3) is 5.66. The summed E-state index contributed by atoms with van der Waals surface area (Å²) < 4.78 is 35.2. The minimum Gasteiger partial charge on any atom is -0.380 e.